The molecule has 3 aliphatic carbocycles. The maximum absolute atomic E-state index is 14.8. The number of hydrogen-bond donors (Lipinski definition) is 1. The van der Waals surface area contributed by atoms with Crippen molar-refractivity contribution in [2.45, 2.75) is 57.3 Å². The van der Waals surface area contributed by atoms with Crippen LogP contribution < -0.4 is 9.46 Å². The second kappa shape index (κ2) is 6.94. The van der Waals surface area contributed by atoms with Gasteiger partial charge in [0.05, 0.1) is 12.2 Å². The Bertz CT molecular complexity index is 942. The van der Waals surface area contributed by atoms with E-state index in [0.29, 0.717) is 25.4 Å². The molecule has 3 saturated carbocycles. The van der Waals surface area contributed by atoms with E-state index in [1.165, 1.54) is 48.5 Å². The van der Waals surface area contributed by atoms with E-state index >= 15 is 0 Å². The summed E-state index contributed by atoms with van der Waals surface area (Å²) < 4.78 is 48.4. The summed E-state index contributed by atoms with van der Waals surface area (Å²) in [5, 5.41) is 0. The highest BCUT2D eigenvalue weighted by Gasteiger charge is 2.55. The minimum absolute atomic E-state index is 0.233. The molecule has 4 aliphatic rings. The smallest absolute Gasteiger partial charge is 0.304 e. The molecule has 4 fully saturated rings. The topological polar surface area (TPSA) is 75.7 Å². The molecule has 0 spiro atoms. The van der Waals surface area contributed by atoms with Crippen molar-refractivity contribution in [1.29, 1.82) is 0 Å². The third-order valence-corrected chi connectivity index (χ3v) is 8.58. The van der Waals surface area contributed by atoms with Crippen LogP contribution in [0.15, 0.2) is 12.1 Å². The Kier molecular flexibility index (Phi) is 4.62. The molecule has 1 saturated heterocycles. The van der Waals surface area contributed by atoms with Crippen molar-refractivity contribution in [2.24, 2.45) is 11.3 Å². The number of nitrogens with zero attached hydrogens (tertiary/aromatic N) is 1. The average Bonchev–Trinajstić information content (AvgIpc) is 3.50. The highest BCUT2D eigenvalue weighted by Crippen LogP contribution is 2.61. The van der Waals surface area contributed by atoms with E-state index in [1.54, 1.807) is 0 Å². The Labute approximate surface area is 171 Å². The average molecular weight is 423 g/mol. The second-order valence-corrected chi connectivity index (χ2v) is 10.8. The number of hydrogen-bond acceptors (Lipinski definition) is 4. The lowest BCUT2D eigenvalue weighted by Crippen LogP contribution is -2.49. The van der Waals surface area contributed by atoms with Gasteiger partial charge in [0.2, 0.25) is 0 Å². The molecule has 1 aromatic rings. The lowest BCUT2D eigenvalue weighted by atomic mass is 9.89. The number of fused-ring (bicyclic) bond motifs is 1. The molecule has 5 rings (SSSR count). The lowest BCUT2D eigenvalue weighted by molar-refractivity contribution is 0.0973. The Morgan fingerprint density at radius 3 is 2.66 bits per heavy atom. The van der Waals surface area contributed by atoms with Gasteiger partial charge in [-0.3, -0.25) is 4.79 Å². The number of carbonyl (C=O) groups excluding carboxylic acids is 1. The van der Waals surface area contributed by atoms with E-state index in [-0.39, 0.29) is 16.9 Å². The third kappa shape index (κ3) is 3.65. The zero-order valence-corrected chi connectivity index (χ0v) is 17.3. The Morgan fingerprint density at radius 2 is 2.00 bits per heavy atom. The third-order valence-electron chi connectivity index (χ3n) is 7.09. The summed E-state index contributed by atoms with van der Waals surface area (Å²) in [7, 11) is -3.91. The summed E-state index contributed by atoms with van der Waals surface area (Å²) in [6, 6.07) is 2.77. The first-order valence-electron chi connectivity index (χ1n) is 10.7. The molecular weight excluding hydrogens is 395 g/mol. The van der Waals surface area contributed by atoms with Crippen molar-refractivity contribution in [3.05, 3.63) is 29.1 Å². The van der Waals surface area contributed by atoms with Crippen LogP contribution in [0.2, 0.25) is 0 Å². The normalized spacial score (nSPS) is 28.9. The monoisotopic (exact) mass is 422 g/mol. The molecule has 6 nitrogen and oxygen atoms in total. The van der Waals surface area contributed by atoms with E-state index in [4.69, 9.17) is 4.74 Å². The zero-order valence-electron chi connectivity index (χ0n) is 16.5. The molecule has 1 heterocycles. The van der Waals surface area contributed by atoms with Crippen LogP contribution in [0, 0.1) is 17.2 Å². The van der Waals surface area contributed by atoms with Gasteiger partial charge in [0.1, 0.15) is 11.6 Å². The summed E-state index contributed by atoms with van der Waals surface area (Å²) in [6.45, 7) is 1.37. The van der Waals surface area contributed by atoms with Gasteiger partial charge in [0.25, 0.3) is 5.91 Å². The number of carbonyl (C=O) groups is 1. The highest BCUT2D eigenvalue weighted by atomic mass is 32.2. The molecule has 0 radical (unpaired) electrons. The van der Waals surface area contributed by atoms with Gasteiger partial charge in [-0.1, -0.05) is 12.8 Å². The van der Waals surface area contributed by atoms with Crippen LogP contribution in [0.1, 0.15) is 73.2 Å². The van der Waals surface area contributed by atoms with E-state index in [0.717, 1.165) is 30.7 Å². The number of benzene rings is 1. The molecule has 2 atom stereocenters. The number of rotatable bonds is 7. The first-order valence-corrected chi connectivity index (χ1v) is 12.1. The standard InChI is InChI=1S/C21H27FN2O4S/c22-18-11-19(28-13-21-7-2-1-4-15(21)12-21)16(14-5-6-14)10-17(18)20(25)23-29(26,27)24-8-3-9-24/h10-11,14-15H,1-9,12-13H2,(H,23,25). The zero-order chi connectivity index (χ0) is 20.2. The van der Waals surface area contributed by atoms with Gasteiger partial charge < -0.3 is 4.74 Å². The first kappa shape index (κ1) is 19.3. The fourth-order valence-electron chi connectivity index (χ4n) is 4.83. The summed E-state index contributed by atoms with van der Waals surface area (Å²) in [6.07, 6.45) is 8.87. The van der Waals surface area contributed by atoms with E-state index in [1.807, 2.05) is 4.72 Å². The second-order valence-electron chi connectivity index (χ2n) is 9.13. The van der Waals surface area contributed by atoms with Crippen molar-refractivity contribution in [3.63, 3.8) is 0 Å². The van der Waals surface area contributed by atoms with Gasteiger partial charge in [-0.25, -0.2) is 9.11 Å². The molecule has 158 valence electrons. The molecule has 29 heavy (non-hydrogen) atoms. The number of nitrogens with one attached hydrogen (secondary N) is 1. The molecule has 2 unspecified atom stereocenters. The SMILES string of the molecule is O=C(NS(=O)(=O)N1CCC1)c1cc(C2CC2)c(OCC23CCCCC2C3)cc1F. The van der Waals surface area contributed by atoms with Crippen LogP contribution in [0.3, 0.4) is 0 Å². The van der Waals surface area contributed by atoms with Crippen molar-refractivity contribution < 1.29 is 22.3 Å². The number of amides is 1. The maximum Gasteiger partial charge on any atom is 0.304 e. The van der Waals surface area contributed by atoms with Crippen molar-refractivity contribution >= 4 is 16.1 Å². The minimum Gasteiger partial charge on any atom is -0.493 e. The molecule has 1 aliphatic heterocycles. The minimum atomic E-state index is -3.91. The fraction of sp³-hybridized carbons (Fsp3) is 0.667. The predicted molar refractivity (Wildman–Crippen MR) is 105 cm³/mol. The molecule has 1 N–H and O–H groups in total. The summed E-state index contributed by atoms with van der Waals surface area (Å²) >= 11 is 0. The van der Waals surface area contributed by atoms with Gasteiger partial charge in [-0.05, 0) is 62.0 Å². The van der Waals surface area contributed by atoms with Crippen LogP contribution in [-0.2, 0) is 10.2 Å². The lowest BCUT2D eigenvalue weighted by Gasteiger charge is -2.29. The van der Waals surface area contributed by atoms with Gasteiger partial charge in [-0.2, -0.15) is 12.7 Å². The van der Waals surface area contributed by atoms with Crippen LogP contribution in [0.25, 0.3) is 0 Å². The fourth-order valence-corrected chi connectivity index (χ4v) is 6.05. The molecule has 1 amide bonds. The van der Waals surface area contributed by atoms with Gasteiger partial charge >= 0.3 is 10.2 Å². The van der Waals surface area contributed by atoms with Gasteiger partial charge in [0.15, 0.2) is 0 Å². The number of ether oxygens (including phenoxy) is 1. The Balaban J connectivity index is 1.34. The maximum atomic E-state index is 14.8. The summed E-state index contributed by atoms with van der Waals surface area (Å²) in [4.78, 5) is 12.5. The van der Waals surface area contributed by atoms with E-state index in [9.17, 15) is 17.6 Å². The summed E-state index contributed by atoms with van der Waals surface area (Å²) in [5.41, 5.74) is 0.849. The highest BCUT2D eigenvalue weighted by molar-refractivity contribution is 7.87. The Hall–Kier alpha value is -1.67. The quantitative estimate of drug-likeness (QED) is 0.731. The van der Waals surface area contributed by atoms with Crippen LogP contribution in [-0.4, -0.2) is 38.3 Å². The van der Waals surface area contributed by atoms with Crippen molar-refractivity contribution in [2.75, 3.05) is 19.7 Å². The van der Waals surface area contributed by atoms with E-state index in [2.05, 4.69) is 0 Å². The van der Waals surface area contributed by atoms with E-state index < -0.39 is 21.9 Å². The van der Waals surface area contributed by atoms with Crippen molar-refractivity contribution in [1.82, 2.24) is 9.03 Å². The van der Waals surface area contributed by atoms with Crippen LogP contribution in [0.4, 0.5) is 4.39 Å². The van der Waals surface area contributed by atoms with Crippen LogP contribution >= 0.6 is 0 Å². The molecule has 1 aromatic carbocycles. The number of halogens is 1. The van der Waals surface area contributed by atoms with Crippen LogP contribution in [0.5, 0.6) is 5.75 Å². The van der Waals surface area contributed by atoms with Gasteiger partial charge in [0, 0.05) is 24.6 Å². The van der Waals surface area contributed by atoms with Crippen molar-refractivity contribution in [3.8, 4) is 5.75 Å². The molecule has 0 bridgehead atoms. The molecule has 0 aromatic heterocycles. The summed E-state index contributed by atoms with van der Waals surface area (Å²) in [5.74, 6) is -0.159. The molecular formula is C21H27FN2O4S. The largest absolute Gasteiger partial charge is 0.493 e. The first-order chi connectivity index (χ1) is 13.9. The molecule has 8 heteroatoms. The predicted octanol–water partition coefficient (Wildman–Crippen LogP) is 3.34. The van der Waals surface area contributed by atoms with Gasteiger partial charge in [-0.15, -0.1) is 0 Å². The Morgan fingerprint density at radius 1 is 1.21 bits per heavy atom.